The van der Waals surface area contributed by atoms with Crippen LogP contribution < -0.4 is 10.6 Å². The number of nitrogens with one attached hydrogen (secondary N) is 2. The fourth-order valence-electron chi connectivity index (χ4n) is 3.20. The predicted octanol–water partition coefficient (Wildman–Crippen LogP) is 2.91. The highest BCUT2D eigenvalue weighted by Crippen LogP contribution is 2.16. The minimum Gasteiger partial charge on any atom is -0.367 e. The molecule has 1 atom stereocenters. The molecule has 0 radical (unpaired) electrons. The Hall–Kier alpha value is -1.80. The van der Waals surface area contributed by atoms with Crippen LogP contribution in [0, 0.1) is 0 Å². The highest BCUT2D eigenvalue weighted by Gasteiger charge is 2.27. The van der Waals surface area contributed by atoms with Crippen molar-refractivity contribution in [3.05, 3.63) is 35.4 Å². The lowest BCUT2D eigenvalue weighted by Gasteiger charge is -2.24. The molecule has 1 unspecified atom stereocenters. The second-order valence-corrected chi connectivity index (χ2v) is 6.66. The summed E-state index contributed by atoms with van der Waals surface area (Å²) >= 11 is 0. The average molecular weight is 386 g/mol. The standard InChI is InChI=1S/C19H29F3N4O/c1-3-26-10-4-5-17(26)12-25-18(23-2)24-11-15-6-8-16(9-7-15)13-27-14-19(20,21)22/h6-9,17H,3-5,10-14H2,1-2H3,(H2,23,24,25). The van der Waals surface area contributed by atoms with Gasteiger partial charge in [-0.3, -0.25) is 9.89 Å². The van der Waals surface area contributed by atoms with Gasteiger partial charge in [-0.25, -0.2) is 0 Å². The van der Waals surface area contributed by atoms with E-state index >= 15 is 0 Å². The number of alkyl halides is 3. The van der Waals surface area contributed by atoms with E-state index in [-0.39, 0.29) is 6.61 Å². The third-order valence-corrected chi connectivity index (χ3v) is 4.65. The molecule has 1 aliphatic heterocycles. The molecule has 0 bridgehead atoms. The summed E-state index contributed by atoms with van der Waals surface area (Å²) < 4.78 is 40.9. The van der Waals surface area contributed by atoms with Crippen molar-refractivity contribution in [1.82, 2.24) is 15.5 Å². The second kappa shape index (κ2) is 10.5. The molecule has 152 valence electrons. The van der Waals surface area contributed by atoms with Crippen molar-refractivity contribution < 1.29 is 17.9 Å². The van der Waals surface area contributed by atoms with E-state index in [0.717, 1.165) is 31.2 Å². The maximum Gasteiger partial charge on any atom is 0.411 e. The Morgan fingerprint density at radius 1 is 1.22 bits per heavy atom. The smallest absolute Gasteiger partial charge is 0.367 e. The van der Waals surface area contributed by atoms with Crippen molar-refractivity contribution in [2.75, 3.05) is 33.3 Å². The molecule has 2 N–H and O–H groups in total. The molecule has 0 spiro atoms. The first-order chi connectivity index (χ1) is 12.9. The highest BCUT2D eigenvalue weighted by atomic mass is 19.4. The third kappa shape index (κ3) is 7.76. The Kier molecular flexibility index (Phi) is 8.37. The SMILES string of the molecule is CCN1CCCC1CNC(=NC)NCc1ccc(COCC(F)(F)F)cc1. The van der Waals surface area contributed by atoms with Crippen LogP contribution in [0.4, 0.5) is 13.2 Å². The van der Waals surface area contributed by atoms with E-state index in [9.17, 15) is 13.2 Å². The van der Waals surface area contributed by atoms with Gasteiger partial charge in [-0.2, -0.15) is 13.2 Å². The van der Waals surface area contributed by atoms with Gasteiger partial charge in [0.15, 0.2) is 5.96 Å². The Bertz CT molecular complexity index is 590. The topological polar surface area (TPSA) is 48.9 Å². The van der Waals surface area contributed by atoms with Crippen molar-refractivity contribution in [2.45, 2.75) is 45.1 Å². The van der Waals surface area contributed by atoms with Gasteiger partial charge in [0.25, 0.3) is 0 Å². The molecule has 1 saturated heterocycles. The van der Waals surface area contributed by atoms with Gasteiger partial charge in [-0.05, 0) is 37.1 Å². The molecule has 1 fully saturated rings. The van der Waals surface area contributed by atoms with Gasteiger partial charge < -0.3 is 15.4 Å². The van der Waals surface area contributed by atoms with Crippen LogP contribution in [0.1, 0.15) is 30.9 Å². The van der Waals surface area contributed by atoms with Crippen molar-refractivity contribution >= 4 is 5.96 Å². The molecule has 8 heteroatoms. The quantitative estimate of drug-likeness (QED) is 0.533. The largest absolute Gasteiger partial charge is 0.411 e. The van der Waals surface area contributed by atoms with E-state index < -0.39 is 12.8 Å². The van der Waals surface area contributed by atoms with Crippen LogP contribution in [-0.2, 0) is 17.9 Å². The Morgan fingerprint density at radius 2 is 1.93 bits per heavy atom. The minimum absolute atomic E-state index is 0.0498. The van der Waals surface area contributed by atoms with Crippen molar-refractivity contribution in [3.63, 3.8) is 0 Å². The molecule has 0 aromatic heterocycles. The molecule has 5 nitrogen and oxygen atoms in total. The van der Waals surface area contributed by atoms with Crippen molar-refractivity contribution in [1.29, 1.82) is 0 Å². The van der Waals surface area contributed by atoms with Crippen LogP contribution in [0.3, 0.4) is 0 Å². The van der Waals surface area contributed by atoms with E-state index in [1.165, 1.54) is 12.8 Å². The van der Waals surface area contributed by atoms with Crippen LogP contribution in [0.25, 0.3) is 0 Å². The van der Waals surface area contributed by atoms with Crippen molar-refractivity contribution in [2.24, 2.45) is 4.99 Å². The number of hydrogen-bond acceptors (Lipinski definition) is 3. The van der Waals surface area contributed by atoms with E-state index in [0.29, 0.717) is 18.2 Å². The van der Waals surface area contributed by atoms with E-state index in [1.54, 1.807) is 19.2 Å². The van der Waals surface area contributed by atoms with E-state index in [2.05, 4.69) is 32.2 Å². The summed E-state index contributed by atoms with van der Waals surface area (Å²) in [7, 11) is 1.74. The number of rotatable bonds is 8. The maximum atomic E-state index is 12.1. The number of ether oxygens (including phenoxy) is 1. The molecular formula is C19H29F3N4O. The molecule has 0 amide bonds. The fourth-order valence-corrected chi connectivity index (χ4v) is 3.20. The average Bonchev–Trinajstić information content (AvgIpc) is 3.09. The van der Waals surface area contributed by atoms with Gasteiger partial charge in [0.05, 0.1) is 6.61 Å². The number of benzene rings is 1. The Labute approximate surface area is 159 Å². The molecule has 0 aliphatic carbocycles. The van der Waals surface area contributed by atoms with Crippen LogP contribution in [-0.4, -0.2) is 56.4 Å². The zero-order chi connectivity index (χ0) is 19.7. The molecule has 27 heavy (non-hydrogen) atoms. The third-order valence-electron chi connectivity index (χ3n) is 4.65. The van der Waals surface area contributed by atoms with Gasteiger partial charge in [0, 0.05) is 26.2 Å². The number of nitrogens with zero attached hydrogens (tertiary/aromatic N) is 2. The Morgan fingerprint density at radius 3 is 2.56 bits per heavy atom. The van der Waals surface area contributed by atoms with Crippen LogP contribution in [0.5, 0.6) is 0 Å². The first-order valence-corrected chi connectivity index (χ1v) is 9.32. The summed E-state index contributed by atoms with van der Waals surface area (Å²) in [6, 6.07) is 7.86. The number of likely N-dealkylation sites (N-methyl/N-ethyl adjacent to an activating group) is 1. The molecule has 1 heterocycles. The lowest BCUT2D eigenvalue weighted by molar-refractivity contribution is -0.176. The Balaban J connectivity index is 1.72. The number of halogens is 3. The normalized spacial score (nSPS) is 18.7. The summed E-state index contributed by atoms with van der Waals surface area (Å²) in [5.41, 5.74) is 1.74. The molecule has 2 rings (SSSR count). The monoisotopic (exact) mass is 386 g/mol. The van der Waals surface area contributed by atoms with Gasteiger partial charge in [0.2, 0.25) is 0 Å². The molecule has 1 aromatic carbocycles. The molecular weight excluding hydrogens is 357 g/mol. The maximum absolute atomic E-state index is 12.1. The number of hydrogen-bond donors (Lipinski definition) is 2. The number of aliphatic imine (C=N–C) groups is 1. The molecule has 1 aromatic rings. The minimum atomic E-state index is -4.29. The first kappa shape index (κ1) is 21.5. The summed E-state index contributed by atoms with van der Waals surface area (Å²) in [6.07, 6.45) is -1.85. The molecule has 1 aliphatic rings. The van der Waals surface area contributed by atoms with Crippen molar-refractivity contribution in [3.8, 4) is 0 Å². The van der Waals surface area contributed by atoms with Gasteiger partial charge >= 0.3 is 6.18 Å². The van der Waals surface area contributed by atoms with E-state index in [1.807, 2.05) is 12.1 Å². The van der Waals surface area contributed by atoms with Crippen LogP contribution in [0.15, 0.2) is 29.3 Å². The zero-order valence-corrected chi connectivity index (χ0v) is 16.0. The fraction of sp³-hybridized carbons (Fsp3) is 0.632. The van der Waals surface area contributed by atoms with Gasteiger partial charge in [-0.15, -0.1) is 0 Å². The van der Waals surface area contributed by atoms with E-state index in [4.69, 9.17) is 0 Å². The summed E-state index contributed by atoms with van der Waals surface area (Å²) in [5, 5.41) is 6.64. The van der Waals surface area contributed by atoms with Gasteiger partial charge in [0.1, 0.15) is 6.61 Å². The number of guanidine groups is 1. The highest BCUT2D eigenvalue weighted by molar-refractivity contribution is 5.79. The second-order valence-electron chi connectivity index (χ2n) is 6.66. The van der Waals surface area contributed by atoms with Gasteiger partial charge in [-0.1, -0.05) is 31.2 Å². The lowest BCUT2D eigenvalue weighted by Crippen LogP contribution is -2.44. The number of likely N-dealkylation sites (tertiary alicyclic amines) is 1. The van der Waals surface area contributed by atoms with Crippen LogP contribution >= 0.6 is 0 Å². The lowest BCUT2D eigenvalue weighted by atomic mass is 10.1. The summed E-state index contributed by atoms with van der Waals surface area (Å²) in [5.74, 6) is 0.746. The first-order valence-electron chi connectivity index (χ1n) is 9.32. The summed E-state index contributed by atoms with van der Waals surface area (Å²) in [6.45, 7) is 4.59. The predicted molar refractivity (Wildman–Crippen MR) is 101 cm³/mol. The molecule has 0 saturated carbocycles. The summed E-state index contributed by atoms with van der Waals surface area (Å²) in [4.78, 5) is 6.72. The van der Waals surface area contributed by atoms with Crippen LogP contribution in [0.2, 0.25) is 0 Å². The zero-order valence-electron chi connectivity index (χ0n) is 16.0.